The van der Waals surface area contributed by atoms with Crippen molar-refractivity contribution in [1.29, 1.82) is 0 Å². The van der Waals surface area contributed by atoms with E-state index in [9.17, 15) is 30.0 Å². The van der Waals surface area contributed by atoms with Crippen molar-refractivity contribution in [2.75, 3.05) is 13.1 Å². The molecule has 0 aromatic heterocycles. The molecule has 8 heteroatoms. The maximum Gasteiger partial charge on any atom is 0.325 e. The van der Waals surface area contributed by atoms with Gasteiger partial charge < -0.3 is 20.4 Å². The summed E-state index contributed by atoms with van der Waals surface area (Å²) >= 11 is 0. The summed E-state index contributed by atoms with van der Waals surface area (Å²) < 4.78 is 0. The number of carboxylic acids is 2. The van der Waals surface area contributed by atoms with Crippen molar-refractivity contribution in [2.45, 2.75) is 25.9 Å². The van der Waals surface area contributed by atoms with Gasteiger partial charge in [0, 0.05) is 24.2 Å². The van der Waals surface area contributed by atoms with Crippen LogP contribution in [0.1, 0.15) is 34.3 Å². The summed E-state index contributed by atoms with van der Waals surface area (Å²) in [6.07, 6.45) is 0. The Labute approximate surface area is 162 Å². The quantitative estimate of drug-likeness (QED) is 0.358. The first-order chi connectivity index (χ1) is 13.2. The van der Waals surface area contributed by atoms with E-state index in [2.05, 4.69) is 10.6 Å². The first kappa shape index (κ1) is 21.2. The third-order valence-corrected chi connectivity index (χ3v) is 4.30. The molecule has 0 saturated carbocycles. The van der Waals surface area contributed by atoms with E-state index in [1.54, 1.807) is 38.1 Å². The van der Waals surface area contributed by atoms with Crippen LogP contribution in [-0.2, 0) is 9.59 Å². The van der Waals surface area contributed by atoms with Gasteiger partial charge in [0.2, 0.25) is 0 Å². The van der Waals surface area contributed by atoms with Gasteiger partial charge in [0.1, 0.15) is 23.6 Å². The highest BCUT2D eigenvalue weighted by molar-refractivity contribution is 5.77. The molecule has 0 aliphatic rings. The molecule has 0 heterocycles. The SMILES string of the molecule is Cc1ccc(O)c(C(NCCNC(C(=O)O)c2cc(C)ccc2O)C(=O)O)c1. The topological polar surface area (TPSA) is 139 Å². The molecular formula is C20H24N2O6. The number of rotatable bonds is 9. The molecule has 2 rings (SSSR count). The second-order valence-electron chi connectivity index (χ2n) is 6.58. The van der Waals surface area contributed by atoms with Crippen molar-refractivity contribution in [3.05, 3.63) is 58.7 Å². The van der Waals surface area contributed by atoms with Gasteiger partial charge in [-0.25, -0.2) is 0 Å². The lowest BCUT2D eigenvalue weighted by Gasteiger charge is -2.19. The second kappa shape index (κ2) is 9.20. The second-order valence-corrected chi connectivity index (χ2v) is 6.58. The van der Waals surface area contributed by atoms with Crippen molar-refractivity contribution in [3.8, 4) is 11.5 Å². The average molecular weight is 388 g/mol. The Hall–Kier alpha value is -3.10. The van der Waals surface area contributed by atoms with E-state index in [1.165, 1.54) is 12.1 Å². The van der Waals surface area contributed by atoms with E-state index in [1.807, 2.05) is 0 Å². The number of carboxylic acid groups (broad SMARTS) is 2. The van der Waals surface area contributed by atoms with E-state index in [0.717, 1.165) is 11.1 Å². The van der Waals surface area contributed by atoms with Gasteiger partial charge in [0.05, 0.1) is 0 Å². The molecule has 0 spiro atoms. The lowest BCUT2D eigenvalue weighted by Crippen LogP contribution is -2.37. The van der Waals surface area contributed by atoms with Gasteiger partial charge in [-0.05, 0) is 26.0 Å². The number of nitrogens with one attached hydrogen (secondary N) is 2. The minimum absolute atomic E-state index is 0.126. The van der Waals surface area contributed by atoms with Crippen LogP contribution in [0, 0.1) is 13.8 Å². The molecule has 2 aromatic carbocycles. The first-order valence-corrected chi connectivity index (χ1v) is 8.72. The highest BCUT2D eigenvalue weighted by Gasteiger charge is 2.24. The third-order valence-electron chi connectivity index (χ3n) is 4.30. The Bertz CT molecular complexity index is 796. The smallest absolute Gasteiger partial charge is 0.325 e. The minimum atomic E-state index is -1.16. The third kappa shape index (κ3) is 5.21. The highest BCUT2D eigenvalue weighted by atomic mass is 16.4. The molecule has 6 N–H and O–H groups in total. The number of carbonyl (C=O) groups is 2. The molecule has 0 bridgehead atoms. The Morgan fingerprint density at radius 3 is 1.46 bits per heavy atom. The predicted octanol–water partition coefficient (Wildman–Crippen LogP) is 1.85. The first-order valence-electron chi connectivity index (χ1n) is 8.72. The van der Waals surface area contributed by atoms with Crippen molar-refractivity contribution in [2.24, 2.45) is 0 Å². The number of aliphatic carboxylic acids is 2. The molecular weight excluding hydrogens is 364 g/mol. The molecule has 0 radical (unpaired) electrons. The summed E-state index contributed by atoms with van der Waals surface area (Å²) in [5.74, 6) is -2.59. The van der Waals surface area contributed by atoms with Crippen LogP contribution in [-0.4, -0.2) is 45.5 Å². The number of phenolic OH excluding ortho intramolecular Hbond substituents is 2. The molecule has 2 atom stereocenters. The van der Waals surface area contributed by atoms with Gasteiger partial charge in [0.25, 0.3) is 0 Å². The molecule has 2 unspecified atom stereocenters. The fourth-order valence-electron chi connectivity index (χ4n) is 2.90. The van der Waals surface area contributed by atoms with Crippen LogP contribution < -0.4 is 10.6 Å². The fraction of sp³-hybridized carbons (Fsp3) is 0.300. The number of aromatic hydroxyl groups is 2. The van der Waals surface area contributed by atoms with Crippen LogP contribution in [0.4, 0.5) is 0 Å². The van der Waals surface area contributed by atoms with Gasteiger partial charge in [-0.1, -0.05) is 35.4 Å². The Morgan fingerprint density at radius 2 is 1.14 bits per heavy atom. The summed E-state index contributed by atoms with van der Waals surface area (Å²) in [5.41, 5.74) is 2.08. The largest absolute Gasteiger partial charge is 0.508 e. The van der Waals surface area contributed by atoms with Gasteiger partial charge >= 0.3 is 11.9 Å². The zero-order chi connectivity index (χ0) is 20.8. The number of aryl methyl sites for hydroxylation is 2. The van der Waals surface area contributed by atoms with Gasteiger partial charge in [-0.15, -0.1) is 0 Å². The van der Waals surface area contributed by atoms with Crippen LogP contribution in [0.3, 0.4) is 0 Å². The van der Waals surface area contributed by atoms with Crippen molar-refractivity contribution < 1.29 is 30.0 Å². The molecule has 0 aliphatic heterocycles. The van der Waals surface area contributed by atoms with Crippen molar-refractivity contribution >= 4 is 11.9 Å². The molecule has 28 heavy (non-hydrogen) atoms. The van der Waals surface area contributed by atoms with E-state index >= 15 is 0 Å². The van der Waals surface area contributed by atoms with E-state index in [4.69, 9.17) is 0 Å². The summed E-state index contributed by atoms with van der Waals surface area (Å²) in [7, 11) is 0. The fourth-order valence-corrected chi connectivity index (χ4v) is 2.90. The molecule has 2 aromatic rings. The highest BCUT2D eigenvalue weighted by Crippen LogP contribution is 2.26. The van der Waals surface area contributed by atoms with Crippen LogP contribution in [0.15, 0.2) is 36.4 Å². The Morgan fingerprint density at radius 1 is 0.786 bits per heavy atom. The predicted molar refractivity (Wildman–Crippen MR) is 102 cm³/mol. The zero-order valence-corrected chi connectivity index (χ0v) is 15.6. The molecule has 0 amide bonds. The van der Waals surface area contributed by atoms with Crippen molar-refractivity contribution in [1.82, 2.24) is 10.6 Å². The van der Waals surface area contributed by atoms with Crippen LogP contribution in [0.2, 0.25) is 0 Å². The molecule has 8 nitrogen and oxygen atoms in total. The van der Waals surface area contributed by atoms with Crippen LogP contribution >= 0.6 is 0 Å². The summed E-state index contributed by atoms with van der Waals surface area (Å²) in [5, 5.41) is 44.4. The average Bonchev–Trinajstić information content (AvgIpc) is 2.62. The monoisotopic (exact) mass is 388 g/mol. The van der Waals surface area contributed by atoms with Crippen molar-refractivity contribution in [3.63, 3.8) is 0 Å². The van der Waals surface area contributed by atoms with Crippen LogP contribution in [0.5, 0.6) is 11.5 Å². The lowest BCUT2D eigenvalue weighted by molar-refractivity contribution is -0.141. The maximum atomic E-state index is 11.6. The van der Waals surface area contributed by atoms with Gasteiger partial charge in [-0.2, -0.15) is 0 Å². The number of phenols is 2. The van der Waals surface area contributed by atoms with E-state index < -0.39 is 24.0 Å². The maximum absolute atomic E-state index is 11.6. The normalized spacial score (nSPS) is 13.1. The number of hydrogen-bond donors (Lipinski definition) is 6. The molecule has 0 aliphatic carbocycles. The lowest BCUT2D eigenvalue weighted by atomic mass is 10.0. The van der Waals surface area contributed by atoms with E-state index in [-0.39, 0.29) is 35.7 Å². The number of hydrogen-bond acceptors (Lipinski definition) is 6. The molecule has 150 valence electrons. The van der Waals surface area contributed by atoms with Gasteiger partial charge in [0.15, 0.2) is 0 Å². The van der Waals surface area contributed by atoms with E-state index in [0.29, 0.717) is 0 Å². The Balaban J connectivity index is 2.05. The molecule has 0 saturated heterocycles. The Kier molecular flexibility index (Phi) is 6.97. The summed E-state index contributed by atoms with van der Waals surface area (Å²) in [6, 6.07) is 7.09. The summed E-state index contributed by atoms with van der Waals surface area (Å²) in [4.78, 5) is 23.2. The number of benzene rings is 2. The zero-order valence-electron chi connectivity index (χ0n) is 15.6. The van der Waals surface area contributed by atoms with Crippen LogP contribution in [0.25, 0.3) is 0 Å². The standard InChI is InChI=1S/C20H24N2O6/c1-11-3-5-15(23)13(9-11)17(19(25)26)21-7-8-22-18(20(27)28)14-10-12(2)4-6-16(14)24/h3-6,9-10,17-18,21-24H,7-8H2,1-2H3,(H,25,26)(H,27,28). The molecule has 0 fully saturated rings. The van der Waals surface area contributed by atoms with Gasteiger partial charge in [-0.3, -0.25) is 20.2 Å². The summed E-state index contributed by atoms with van der Waals surface area (Å²) in [6.45, 7) is 3.83. The minimum Gasteiger partial charge on any atom is -0.508 e.